The molecule has 2 rings (SSSR count). The number of rotatable bonds is 5. The SMILES string of the molecule is CC(=NNC(=O)[C@@H](C)Nc1c(C)cccc1C)c1ccc(Br)cc1. The Hall–Kier alpha value is -2.14. The second-order valence-electron chi connectivity index (χ2n) is 5.81. The number of aryl methyl sites for hydroxylation is 2. The predicted molar refractivity (Wildman–Crippen MR) is 103 cm³/mol. The van der Waals surface area contributed by atoms with Crippen LogP contribution >= 0.6 is 15.9 Å². The van der Waals surface area contributed by atoms with Crippen molar-refractivity contribution in [3.05, 3.63) is 63.6 Å². The van der Waals surface area contributed by atoms with Gasteiger partial charge >= 0.3 is 0 Å². The fourth-order valence-electron chi connectivity index (χ4n) is 2.32. The van der Waals surface area contributed by atoms with Gasteiger partial charge in [0.1, 0.15) is 6.04 Å². The van der Waals surface area contributed by atoms with Crippen molar-refractivity contribution in [2.24, 2.45) is 5.10 Å². The summed E-state index contributed by atoms with van der Waals surface area (Å²) in [4.78, 5) is 12.3. The molecule has 1 atom stereocenters. The summed E-state index contributed by atoms with van der Waals surface area (Å²) in [5.74, 6) is -0.172. The van der Waals surface area contributed by atoms with E-state index in [1.54, 1.807) is 0 Å². The molecule has 2 aromatic rings. The van der Waals surface area contributed by atoms with E-state index in [1.807, 2.05) is 70.2 Å². The average molecular weight is 388 g/mol. The minimum Gasteiger partial charge on any atom is -0.373 e. The Morgan fingerprint density at radius 2 is 1.67 bits per heavy atom. The highest BCUT2D eigenvalue weighted by atomic mass is 79.9. The zero-order chi connectivity index (χ0) is 17.7. The van der Waals surface area contributed by atoms with E-state index in [9.17, 15) is 4.79 Å². The van der Waals surface area contributed by atoms with Gasteiger partial charge in [0.15, 0.2) is 0 Å². The van der Waals surface area contributed by atoms with Crippen molar-refractivity contribution in [2.45, 2.75) is 33.7 Å². The van der Waals surface area contributed by atoms with Crippen molar-refractivity contribution < 1.29 is 4.79 Å². The van der Waals surface area contributed by atoms with Crippen LogP contribution in [0.2, 0.25) is 0 Å². The molecule has 0 saturated carbocycles. The molecule has 0 saturated heterocycles. The number of nitrogens with zero attached hydrogens (tertiary/aromatic N) is 1. The molecular formula is C19H22BrN3O. The summed E-state index contributed by atoms with van der Waals surface area (Å²) in [5.41, 5.74) is 7.58. The first kappa shape index (κ1) is 18.2. The molecule has 5 heteroatoms. The minimum atomic E-state index is -0.383. The number of anilines is 1. The van der Waals surface area contributed by atoms with E-state index in [0.717, 1.165) is 32.6 Å². The van der Waals surface area contributed by atoms with Crippen LogP contribution in [0.25, 0.3) is 0 Å². The molecule has 24 heavy (non-hydrogen) atoms. The number of carbonyl (C=O) groups excluding carboxylic acids is 1. The van der Waals surface area contributed by atoms with E-state index in [-0.39, 0.29) is 11.9 Å². The molecule has 2 aromatic carbocycles. The number of halogens is 1. The first-order chi connectivity index (χ1) is 11.4. The maximum absolute atomic E-state index is 12.3. The number of nitrogens with one attached hydrogen (secondary N) is 2. The Morgan fingerprint density at radius 1 is 1.08 bits per heavy atom. The maximum atomic E-state index is 12.3. The van der Waals surface area contributed by atoms with Crippen LogP contribution in [-0.4, -0.2) is 17.7 Å². The van der Waals surface area contributed by atoms with Crippen LogP contribution in [0, 0.1) is 13.8 Å². The first-order valence-corrected chi connectivity index (χ1v) is 8.60. The van der Waals surface area contributed by atoms with Crippen LogP contribution in [0.15, 0.2) is 52.0 Å². The third kappa shape index (κ3) is 4.68. The molecule has 0 radical (unpaired) electrons. The molecule has 1 amide bonds. The normalized spacial score (nSPS) is 12.6. The van der Waals surface area contributed by atoms with E-state index >= 15 is 0 Å². The highest BCUT2D eigenvalue weighted by molar-refractivity contribution is 9.10. The van der Waals surface area contributed by atoms with E-state index in [2.05, 4.69) is 31.8 Å². The maximum Gasteiger partial charge on any atom is 0.262 e. The highest BCUT2D eigenvalue weighted by Gasteiger charge is 2.14. The summed E-state index contributed by atoms with van der Waals surface area (Å²) in [5, 5.41) is 7.46. The lowest BCUT2D eigenvalue weighted by atomic mass is 10.1. The molecule has 2 N–H and O–H groups in total. The Morgan fingerprint density at radius 3 is 2.25 bits per heavy atom. The van der Waals surface area contributed by atoms with E-state index in [0.29, 0.717) is 0 Å². The van der Waals surface area contributed by atoms with Crippen LogP contribution in [0.4, 0.5) is 5.69 Å². The van der Waals surface area contributed by atoms with Gasteiger partial charge in [-0.15, -0.1) is 0 Å². The Kier molecular flexibility index (Phi) is 6.15. The minimum absolute atomic E-state index is 0.172. The topological polar surface area (TPSA) is 53.5 Å². The molecular weight excluding hydrogens is 366 g/mol. The molecule has 0 aliphatic rings. The second-order valence-corrected chi connectivity index (χ2v) is 6.73. The summed E-state index contributed by atoms with van der Waals surface area (Å²) in [7, 11) is 0. The molecule has 0 aliphatic heterocycles. The van der Waals surface area contributed by atoms with Gasteiger partial charge in [-0.25, -0.2) is 5.43 Å². The third-order valence-corrected chi connectivity index (χ3v) is 4.36. The van der Waals surface area contributed by atoms with Crippen molar-refractivity contribution in [3.8, 4) is 0 Å². The third-order valence-electron chi connectivity index (χ3n) is 3.83. The van der Waals surface area contributed by atoms with Gasteiger partial charge in [0.25, 0.3) is 5.91 Å². The van der Waals surface area contributed by atoms with Crippen LogP contribution in [-0.2, 0) is 4.79 Å². The number of hydrogen-bond acceptors (Lipinski definition) is 3. The lowest BCUT2D eigenvalue weighted by Crippen LogP contribution is -2.35. The fourth-order valence-corrected chi connectivity index (χ4v) is 2.58. The molecule has 0 unspecified atom stereocenters. The van der Waals surface area contributed by atoms with Gasteiger partial charge in [0.2, 0.25) is 0 Å². The monoisotopic (exact) mass is 387 g/mol. The molecule has 0 fully saturated rings. The first-order valence-electron chi connectivity index (χ1n) is 7.81. The summed E-state index contributed by atoms with van der Waals surface area (Å²) in [6.07, 6.45) is 0. The van der Waals surface area contributed by atoms with Gasteiger partial charge in [-0.3, -0.25) is 4.79 Å². The van der Waals surface area contributed by atoms with E-state index < -0.39 is 0 Å². The van der Waals surface area contributed by atoms with Gasteiger partial charge in [0, 0.05) is 10.2 Å². The van der Waals surface area contributed by atoms with Gasteiger partial charge in [-0.05, 0) is 56.5 Å². The number of carbonyl (C=O) groups is 1. The average Bonchev–Trinajstić information content (AvgIpc) is 2.56. The van der Waals surface area contributed by atoms with Crippen molar-refractivity contribution in [2.75, 3.05) is 5.32 Å². The van der Waals surface area contributed by atoms with Crippen molar-refractivity contribution in [3.63, 3.8) is 0 Å². The molecule has 4 nitrogen and oxygen atoms in total. The fraction of sp³-hybridized carbons (Fsp3) is 0.263. The molecule has 0 heterocycles. The van der Waals surface area contributed by atoms with Gasteiger partial charge in [0.05, 0.1) is 5.71 Å². The molecule has 0 bridgehead atoms. The zero-order valence-electron chi connectivity index (χ0n) is 14.4. The summed E-state index contributed by atoms with van der Waals surface area (Å²) >= 11 is 3.40. The van der Waals surface area contributed by atoms with Crippen molar-refractivity contribution in [1.82, 2.24) is 5.43 Å². The van der Waals surface area contributed by atoms with Crippen LogP contribution in [0.5, 0.6) is 0 Å². The summed E-state index contributed by atoms with van der Waals surface area (Å²) in [6, 6.07) is 13.5. The smallest absolute Gasteiger partial charge is 0.262 e. The summed E-state index contributed by atoms with van der Waals surface area (Å²) in [6.45, 7) is 7.74. The number of amides is 1. The largest absolute Gasteiger partial charge is 0.373 e. The Balaban J connectivity index is 2.01. The van der Waals surface area contributed by atoms with E-state index in [1.165, 1.54) is 0 Å². The quantitative estimate of drug-likeness (QED) is 0.589. The van der Waals surface area contributed by atoms with Crippen molar-refractivity contribution in [1.29, 1.82) is 0 Å². The number of benzene rings is 2. The Bertz CT molecular complexity index is 733. The second kappa shape index (κ2) is 8.11. The summed E-state index contributed by atoms with van der Waals surface area (Å²) < 4.78 is 1.01. The van der Waals surface area contributed by atoms with Crippen LogP contribution in [0.1, 0.15) is 30.5 Å². The lowest BCUT2D eigenvalue weighted by molar-refractivity contribution is -0.121. The predicted octanol–water partition coefficient (Wildman–Crippen LogP) is 4.41. The van der Waals surface area contributed by atoms with Crippen LogP contribution in [0.3, 0.4) is 0 Å². The van der Waals surface area contributed by atoms with E-state index in [4.69, 9.17) is 0 Å². The number of hydrazone groups is 1. The van der Waals surface area contributed by atoms with Gasteiger partial charge in [-0.2, -0.15) is 5.10 Å². The molecule has 0 spiro atoms. The van der Waals surface area contributed by atoms with Gasteiger partial charge in [-0.1, -0.05) is 46.3 Å². The van der Waals surface area contributed by atoms with Crippen LogP contribution < -0.4 is 10.7 Å². The zero-order valence-corrected chi connectivity index (χ0v) is 15.9. The standard InChI is InChI=1S/C19H22BrN3O/c1-12-6-5-7-13(2)18(12)21-15(4)19(24)23-22-14(3)16-8-10-17(20)11-9-16/h5-11,15,21H,1-4H3,(H,23,24)/t15-/m1/s1. The molecule has 126 valence electrons. The number of hydrogen-bond donors (Lipinski definition) is 2. The highest BCUT2D eigenvalue weighted by Crippen LogP contribution is 2.20. The lowest BCUT2D eigenvalue weighted by Gasteiger charge is -2.17. The number of para-hydroxylation sites is 1. The van der Waals surface area contributed by atoms with Gasteiger partial charge < -0.3 is 5.32 Å². The molecule has 0 aliphatic carbocycles. The van der Waals surface area contributed by atoms with Crippen molar-refractivity contribution >= 4 is 33.2 Å². The molecule has 0 aromatic heterocycles. The Labute approximate surface area is 151 Å².